The van der Waals surface area contributed by atoms with Gasteiger partial charge < -0.3 is 9.64 Å². The van der Waals surface area contributed by atoms with E-state index in [0.29, 0.717) is 13.0 Å². The van der Waals surface area contributed by atoms with Gasteiger partial charge in [0.25, 0.3) is 0 Å². The molecule has 4 rings (SSSR count). The highest BCUT2D eigenvalue weighted by atomic mass is 16.5. The quantitative estimate of drug-likeness (QED) is 0.559. The van der Waals surface area contributed by atoms with Gasteiger partial charge in [-0.1, -0.05) is 42.5 Å². The van der Waals surface area contributed by atoms with Crippen LogP contribution in [0.3, 0.4) is 0 Å². The molecule has 1 aliphatic heterocycles. The number of hydrogen-bond donors (Lipinski definition) is 0. The lowest BCUT2D eigenvalue weighted by molar-refractivity contribution is -0.131. The summed E-state index contributed by atoms with van der Waals surface area (Å²) in [6, 6.07) is 22.5. The fraction of sp³-hybridized carbons (Fsp3) is 0.308. The predicted octanol–water partition coefficient (Wildman–Crippen LogP) is 5.36. The van der Waals surface area contributed by atoms with E-state index in [-0.39, 0.29) is 11.9 Å². The van der Waals surface area contributed by atoms with Crippen molar-refractivity contribution in [2.75, 3.05) is 13.2 Å². The molecule has 1 fully saturated rings. The molecule has 154 valence electrons. The van der Waals surface area contributed by atoms with E-state index in [4.69, 9.17) is 9.72 Å². The maximum Gasteiger partial charge on any atom is 0.227 e. The van der Waals surface area contributed by atoms with Crippen molar-refractivity contribution in [1.29, 1.82) is 0 Å². The van der Waals surface area contributed by atoms with Crippen LogP contribution in [-0.2, 0) is 11.2 Å². The first-order chi connectivity index (χ1) is 14.6. The van der Waals surface area contributed by atoms with Crippen LogP contribution in [0.4, 0.5) is 0 Å². The highest BCUT2D eigenvalue weighted by Crippen LogP contribution is 2.34. The van der Waals surface area contributed by atoms with Gasteiger partial charge in [-0.05, 0) is 67.6 Å². The van der Waals surface area contributed by atoms with Crippen LogP contribution in [0.25, 0.3) is 11.1 Å². The van der Waals surface area contributed by atoms with Crippen LogP contribution < -0.4 is 4.74 Å². The van der Waals surface area contributed by atoms with Gasteiger partial charge in [-0.25, -0.2) is 0 Å². The Kier molecular flexibility index (Phi) is 6.12. The van der Waals surface area contributed by atoms with Gasteiger partial charge in [0, 0.05) is 12.2 Å². The molecular weight excluding hydrogens is 372 g/mol. The lowest BCUT2D eigenvalue weighted by Gasteiger charge is -2.25. The summed E-state index contributed by atoms with van der Waals surface area (Å²) < 4.78 is 5.50. The van der Waals surface area contributed by atoms with Crippen molar-refractivity contribution < 1.29 is 9.53 Å². The maximum absolute atomic E-state index is 13.1. The van der Waals surface area contributed by atoms with Crippen molar-refractivity contribution in [2.24, 2.45) is 0 Å². The van der Waals surface area contributed by atoms with Crippen LogP contribution in [0.1, 0.15) is 42.8 Å². The van der Waals surface area contributed by atoms with Gasteiger partial charge in [-0.15, -0.1) is 0 Å². The predicted molar refractivity (Wildman–Crippen MR) is 119 cm³/mol. The Morgan fingerprint density at radius 2 is 1.83 bits per heavy atom. The van der Waals surface area contributed by atoms with Gasteiger partial charge in [0.2, 0.25) is 5.91 Å². The first-order valence-electron chi connectivity index (χ1n) is 10.7. The molecule has 30 heavy (non-hydrogen) atoms. The van der Waals surface area contributed by atoms with Crippen LogP contribution in [0, 0.1) is 6.92 Å². The minimum Gasteiger partial charge on any atom is -0.494 e. The van der Waals surface area contributed by atoms with Crippen LogP contribution in [0.5, 0.6) is 5.75 Å². The average Bonchev–Trinajstić information content (AvgIpc) is 3.26. The molecule has 1 atom stereocenters. The number of benzene rings is 2. The SMILES string of the molecule is CCOc1ccc(CC(=O)N2CCCC2c2cc(-c3ccccc3)cc(C)n2)cc1. The van der Waals surface area contributed by atoms with E-state index in [1.165, 1.54) is 5.56 Å². The molecule has 0 spiro atoms. The molecule has 2 heterocycles. The number of aromatic nitrogens is 1. The number of rotatable bonds is 6. The number of nitrogens with zero attached hydrogens (tertiary/aromatic N) is 2. The molecule has 3 aromatic rings. The average molecular weight is 401 g/mol. The Bertz CT molecular complexity index is 999. The molecule has 0 aliphatic carbocycles. The van der Waals surface area contributed by atoms with E-state index >= 15 is 0 Å². The number of amides is 1. The molecule has 0 N–H and O–H groups in total. The number of carbonyl (C=O) groups excluding carboxylic acids is 1. The molecule has 0 bridgehead atoms. The van der Waals surface area contributed by atoms with E-state index in [1.807, 2.05) is 61.2 Å². The van der Waals surface area contributed by atoms with Crippen molar-refractivity contribution in [3.63, 3.8) is 0 Å². The van der Waals surface area contributed by atoms with Crippen molar-refractivity contribution >= 4 is 5.91 Å². The van der Waals surface area contributed by atoms with Crippen molar-refractivity contribution in [2.45, 2.75) is 39.2 Å². The molecule has 1 amide bonds. The van der Waals surface area contributed by atoms with E-state index in [0.717, 1.165) is 47.7 Å². The zero-order valence-electron chi connectivity index (χ0n) is 17.7. The normalized spacial score (nSPS) is 15.9. The van der Waals surface area contributed by atoms with Crippen LogP contribution in [0.15, 0.2) is 66.7 Å². The zero-order valence-corrected chi connectivity index (χ0v) is 17.7. The molecule has 4 nitrogen and oxygen atoms in total. The molecule has 1 unspecified atom stereocenters. The van der Waals surface area contributed by atoms with E-state index in [2.05, 4.69) is 24.3 Å². The molecule has 2 aromatic carbocycles. The second-order valence-corrected chi connectivity index (χ2v) is 7.79. The smallest absolute Gasteiger partial charge is 0.227 e. The lowest BCUT2D eigenvalue weighted by atomic mass is 10.0. The van der Waals surface area contributed by atoms with E-state index in [9.17, 15) is 4.79 Å². The summed E-state index contributed by atoms with van der Waals surface area (Å²) in [6.45, 7) is 5.42. The standard InChI is InChI=1S/C26H28N2O2/c1-3-30-23-13-11-20(12-14-23)17-26(29)28-15-7-10-25(28)24-18-22(16-19(2)27-24)21-8-5-4-6-9-21/h4-6,8-9,11-14,16,18,25H,3,7,10,15,17H2,1-2H3. The van der Waals surface area contributed by atoms with Crippen molar-refractivity contribution in [3.8, 4) is 16.9 Å². The largest absolute Gasteiger partial charge is 0.494 e. The topological polar surface area (TPSA) is 42.4 Å². The molecule has 0 saturated carbocycles. The summed E-state index contributed by atoms with van der Waals surface area (Å²) in [5.74, 6) is 0.997. The number of carbonyl (C=O) groups is 1. The van der Waals surface area contributed by atoms with Gasteiger partial charge in [0.05, 0.1) is 24.8 Å². The zero-order chi connectivity index (χ0) is 20.9. The summed E-state index contributed by atoms with van der Waals surface area (Å²) in [6.07, 6.45) is 2.37. The van der Waals surface area contributed by atoms with Gasteiger partial charge >= 0.3 is 0 Å². The highest BCUT2D eigenvalue weighted by Gasteiger charge is 2.31. The Labute approximate surface area is 178 Å². The second kappa shape index (κ2) is 9.12. The Hall–Kier alpha value is -3.14. The van der Waals surface area contributed by atoms with Crippen LogP contribution in [-0.4, -0.2) is 28.9 Å². The second-order valence-electron chi connectivity index (χ2n) is 7.79. The molecule has 4 heteroatoms. The fourth-order valence-corrected chi connectivity index (χ4v) is 4.18. The molecular formula is C26H28N2O2. The maximum atomic E-state index is 13.1. The minimum atomic E-state index is 0.0440. The van der Waals surface area contributed by atoms with E-state index < -0.39 is 0 Å². The number of aryl methyl sites for hydroxylation is 1. The number of likely N-dealkylation sites (tertiary alicyclic amines) is 1. The summed E-state index contributed by atoms with van der Waals surface area (Å²) in [4.78, 5) is 19.9. The lowest BCUT2D eigenvalue weighted by Crippen LogP contribution is -2.32. The Balaban J connectivity index is 1.53. The molecule has 1 aliphatic rings. The van der Waals surface area contributed by atoms with Gasteiger partial charge in [-0.2, -0.15) is 0 Å². The third kappa shape index (κ3) is 4.54. The summed E-state index contributed by atoms with van der Waals surface area (Å²) in [5, 5.41) is 0. The first-order valence-corrected chi connectivity index (χ1v) is 10.7. The monoisotopic (exact) mass is 400 g/mol. The van der Waals surface area contributed by atoms with Gasteiger partial charge in [-0.3, -0.25) is 9.78 Å². The van der Waals surface area contributed by atoms with E-state index in [1.54, 1.807) is 0 Å². The third-order valence-corrected chi connectivity index (χ3v) is 5.58. The fourth-order valence-electron chi connectivity index (χ4n) is 4.18. The van der Waals surface area contributed by atoms with Crippen molar-refractivity contribution in [1.82, 2.24) is 9.88 Å². The Morgan fingerprint density at radius 3 is 2.57 bits per heavy atom. The summed E-state index contributed by atoms with van der Waals surface area (Å²) >= 11 is 0. The Morgan fingerprint density at radius 1 is 1.07 bits per heavy atom. The number of pyridine rings is 1. The molecule has 1 aromatic heterocycles. The number of ether oxygens (including phenoxy) is 1. The third-order valence-electron chi connectivity index (χ3n) is 5.58. The van der Waals surface area contributed by atoms with Gasteiger partial charge in [0.1, 0.15) is 5.75 Å². The van der Waals surface area contributed by atoms with Crippen LogP contribution >= 0.6 is 0 Å². The number of hydrogen-bond acceptors (Lipinski definition) is 3. The first kappa shape index (κ1) is 20.1. The van der Waals surface area contributed by atoms with Crippen LogP contribution in [0.2, 0.25) is 0 Å². The summed E-state index contributed by atoms with van der Waals surface area (Å²) in [7, 11) is 0. The van der Waals surface area contributed by atoms with Crippen molar-refractivity contribution in [3.05, 3.63) is 83.7 Å². The molecule has 0 radical (unpaired) electrons. The molecule has 1 saturated heterocycles. The highest BCUT2D eigenvalue weighted by molar-refractivity contribution is 5.79. The van der Waals surface area contributed by atoms with Gasteiger partial charge in [0.15, 0.2) is 0 Å². The minimum absolute atomic E-state index is 0.0440. The summed E-state index contributed by atoms with van der Waals surface area (Å²) in [5.41, 5.74) is 5.32.